The summed E-state index contributed by atoms with van der Waals surface area (Å²) in [7, 11) is 0. The number of carbonyl (C=O) groups is 2. The first-order chi connectivity index (χ1) is 8.95. The van der Waals surface area contributed by atoms with Gasteiger partial charge in [-0.2, -0.15) is 0 Å². The number of rotatable bonds is 6. The standard InChI is InChI=1S/C14H19NO3S/c1-3-10-6-7-11(19-10)8-14(2,13(17)18)12(16)15-9-4-5-9/h6-7,9H,3-5,8H2,1-2H3,(H,15,16)(H,17,18). The smallest absolute Gasteiger partial charge is 0.319 e. The Balaban J connectivity index is 2.13. The van der Waals surface area contributed by atoms with Crippen molar-refractivity contribution in [2.24, 2.45) is 5.41 Å². The normalized spacial score (nSPS) is 17.8. The van der Waals surface area contributed by atoms with Crippen molar-refractivity contribution in [3.63, 3.8) is 0 Å². The van der Waals surface area contributed by atoms with E-state index in [2.05, 4.69) is 12.2 Å². The van der Waals surface area contributed by atoms with Gasteiger partial charge in [0, 0.05) is 22.2 Å². The number of carboxylic acids is 1. The highest BCUT2D eigenvalue weighted by molar-refractivity contribution is 7.12. The molecule has 104 valence electrons. The second-order valence-corrected chi connectivity index (χ2v) is 6.54. The summed E-state index contributed by atoms with van der Waals surface area (Å²) in [6.07, 6.45) is 3.11. The van der Waals surface area contributed by atoms with Gasteiger partial charge in [0.2, 0.25) is 5.91 Å². The van der Waals surface area contributed by atoms with E-state index >= 15 is 0 Å². The summed E-state index contributed by atoms with van der Waals surface area (Å²) < 4.78 is 0. The Bertz CT molecular complexity index is 493. The summed E-state index contributed by atoms with van der Waals surface area (Å²) in [5, 5.41) is 12.2. The summed E-state index contributed by atoms with van der Waals surface area (Å²) in [5.41, 5.74) is -1.38. The van der Waals surface area contributed by atoms with Crippen LogP contribution in [0.1, 0.15) is 36.4 Å². The number of aliphatic carboxylic acids is 1. The van der Waals surface area contributed by atoms with Gasteiger partial charge < -0.3 is 10.4 Å². The van der Waals surface area contributed by atoms with Gasteiger partial charge in [-0.25, -0.2) is 0 Å². The van der Waals surface area contributed by atoms with E-state index in [1.165, 1.54) is 11.8 Å². The van der Waals surface area contributed by atoms with Crippen LogP contribution in [0.25, 0.3) is 0 Å². The Morgan fingerprint density at radius 1 is 1.42 bits per heavy atom. The Hall–Kier alpha value is -1.36. The topological polar surface area (TPSA) is 66.4 Å². The lowest BCUT2D eigenvalue weighted by Crippen LogP contribution is -2.46. The third-order valence-corrected chi connectivity index (χ3v) is 4.71. The molecule has 1 aromatic rings. The molecule has 2 N–H and O–H groups in total. The Morgan fingerprint density at radius 3 is 2.53 bits per heavy atom. The molecular formula is C14H19NO3S. The van der Waals surface area contributed by atoms with E-state index in [9.17, 15) is 14.7 Å². The van der Waals surface area contributed by atoms with Gasteiger partial charge in [0.25, 0.3) is 0 Å². The lowest BCUT2D eigenvalue weighted by molar-refractivity contribution is -0.154. The van der Waals surface area contributed by atoms with Gasteiger partial charge in [-0.1, -0.05) is 6.92 Å². The van der Waals surface area contributed by atoms with Crippen molar-refractivity contribution in [2.45, 2.75) is 45.6 Å². The lowest BCUT2D eigenvalue weighted by Gasteiger charge is -2.23. The zero-order valence-corrected chi connectivity index (χ0v) is 12.0. The van der Waals surface area contributed by atoms with Gasteiger partial charge in [0.05, 0.1) is 0 Å². The zero-order valence-electron chi connectivity index (χ0n) is 11.2. The SMILES string of the molecule is CCc1ccc(CC(C)(C(=O)O)C(=O)NC2CC2)s1. The number of carboxylic acid groups (broad SMARTS) is 1. The maximum Gasteiger partial charge on any atom is 0.319 e. The van der Waals surface area contributed by atoms with Gasteiger partial charge in [-0.05, 0) is 38.3 Å². The van der Waals surface area contributed by atoms with Gasteiger partial charge in [-0.15, -0.1) is 11.3 Å². The highest BCUT2D eigenvalue weighted by Gasteiger charge is 2.43. The molecule has 0 saturated heterocycles. The van der Waals surface area contributed by atoms with Crippen molar-refractivity contribution in [2.75, 3.05) is 0 Å². The van der Waals surface area contributed by atoms with E-state index in [-0.39, 0.29) is 18.4 Å². The summed E-state index contributed by atoms with van der Waals surface area (Å²) in [6, 6.07) is 4.11. The molecule has 1 saturated carbocycles. The molecule has 0 aliphatic heterocycles. The second-order valence-electron chi connectivity index (χ2n) is 5.28. The molecular weight excluding hydrogens is 262 g/mol. The maximum atomic E-state index is 12.2. The molecule has 1 aliphatic carbocycles. The van der Waals surface area contributed by atoms with Crippen molar-refractivity contribution in [1.29, 1.82) is 0 Å². The molecule has 1 atom stereocenters. The van der Waals surface area contributed by atoms with E-state index < -0.39 is 11.4 Å². The predicted molar refractivity (Wildman–Crippen MR) is 74.3 cm³/mol. The average molecular weight is 281 g/mol. The third kappa shape index (κ3) is 3.15. The average Bonchev–Trinajstić information content (AvgIpc) is 3.06. The van der Waals surface area contributed by atoms with Gasteiger partial charge >= 0.3 is 5.97 Å². The van der Waals surface area contributed by atoms with Crippen LogP contribution in [0.3, 0.4) is 0 Å². The van der Waals surface area contributed by atoms with Crippen LogP contribution in [0.2, 0.25) is 0 Å². The first kappa shape index (κ1) is 14.1. The molecule has 1 fully saturated rings. The number of nitrogens with one attached hydrogen (secondary N) is 1. The molecule has 1 aromatic heterocycles. The van der Waals surface area contributed by atoms with E-state index in [0.29, 0.717) is 0 Å². The predicted octanol–water partition coefficient (Wildman–Crippen LogP) is 2.22. The van der Waals surface area contributed by atoms with Crippen molar-refractivity contribution in [1.82, 2.24) is 5.32 Å². The monoisotopic (exact) mass is 281 g/mol. The number of hydrogen-bond donors (Lipinski definition) is 2. The molecule has 0 spiro atoms. The van der Waals surface area contributed by atoms with E-state index in [1.54, 1.807) is 11.3 Å². The Kier molecular flexibility index (Phi) is 3.94. The van der Waals surface area contributed by atoms with Gasteiger partial charge in [0.1, 0.15) is 5.41 Å². The molecule has 1 amide bonds. The minimum absolute atomic E-state index is 0.181. The number of aryl methyl sites for hydroxylation is 1. The van der Waals surface area contributed by atoms with Crippen molar-refractivity contribution >= 4 is 23.2 Å². The quantitative estimate of drug-likeness (QED) is 0.786. The molecule has 4 nitrogen and oxygen atoms in total. The molecule has 0 bridgehead atoms. The molecule has 1 unspecified atom stereocenters. The Labute approximate surface area is 116 Å². The fraction of sp³-hybridized carbons (Fsp3) is 0.571. The fourth-order valence-corrected chi connectivity index (χ4v) is 3.00. The largest absolute Gasteiger partial charge is 0.480 e. The fourth-order valence-electron chi connectivity index (χ4n) is 1.88. The highest BCUT2D eigenvalue weighted by Crippen LogP contribution is 2.30. The van der Waals surface area contributed by atoms with Crippen LogP contribution in [0.15, 0.2) is 12.1 Å². The van der Waals surface area contributed by atoms with E-state index in [1.807, 2.05) is 12.1 Å². The molecule has 19 heavy (non-hydrogen) atoms. The highest BCUT2D eigenvalue weighted by atomic mass is 32.1. The zero-order chi connectivity index (χ0) is 14.0. The molecule has 5 heteroatoms. The first-order valence-electron chi connectivity index (χ1n) is 6.57. The van der Waals surface area contributed by atoms with Crippen LogP contribution in [0.5, 0.6) is 0 Å². The number of carbonyl (C=O) groups excluding carboxylic acids is 1. The minimum Gasteiger partial charge on any atom is -0.480 e. The Morgan fingerprint density at radius 2 is 2.05 bits per heavy atom. The van der Waals surface area contributed by atoms with E-state index in [0.717, 1.165) is 24.1 Å². The van der Waals surface area contributed by atoms with Crippen molar-refractivity contribution in [3.05, 3.63) is 21.9 Å². The first-order valence-corrected chi connectivity index (χ1v) is 7.39. The van der Waals surface area contributed by atoms with Crippen LogP contribution in [-0.2, 0) is 22.4 Å². The summed E-state index contributed by atoms with van der Waals surface area (Å²) in [6.45, 7) is 3.57. The van der Waals surface area contributed by atoms with Crippen LogP contribution < -0.4 is 5.32 Å². The van der Waals surface area contributed by atoms with Crippen LogP contribution in [-0.4, -0.2) is 23.0 Å². The van der Waals surface area contributed by atoms with Crippen LogP contribution >= 0.6 is 11.3 Å². The molecule has 2 rings (SSSR count). The summed E-state index contributed by atoms with van der Waals surface area (Å²) in [4.78, 5) is 25.8. The van der Waals surface area contributed by atoms with Crippen LogP contribution in [0, 0.1) is 5.41 Å². The lowest BCUT2D eigenvalue weighted by atomic mass is 9.85. The minimum atomic E-state index is -1.38. The third-order valence-electron chi connectivity index (χ3n) is 3.48. The van der Waals surface area contributed by atoms with Crippen LogP contribution in [0.4, 0.5) is 0 Å². The van der Waals surface area contributed by atoms with Gasteiger partial charge in [0.15, 0.2) is 0 Å². The number of amides is 1. The number of hydrogen-bond acceptors (Lipinski definition) is 3. The van der Waals surface area contributed by atoms with E-state index in [4.69, 9.17) is 0 Å². The molecule has 1 aliphatic rings. The van der Waals surface area contributed by atoms with Gasteiger partial charge in [-0.3, -0.25) is 9.59 Å². The molecule has 0 radical (unpaired) electrons. The molecule has 1 heterocycles. The van der Waals surface area contributed by atoms with Crippen molar-refractivity contribution in [3.8, 4) is 0 Å². The summed E-state index contributed by atoms with van der Waals surface area (Å²) in [5.74, 6) is -1.42. The summed E-state index contributed by atoms with van der Waals surface area (Å²) >= 11 is 1.59. The second kappa shape index (κ2) is 5.33. The number of thiophene rings is 1. The maximum absolute atomic E-state index is 12.2. The molecule has 0 aromatic carbocycles. The van der Waals surface area contributed by atoms with Crippen molar-refractivity contribution < 1.29 is 14.7 Å².